The van der Waals surface area contributed by atoms with E-state index >= 15 is 0 Å². The van der Waals surface area contributed by atoms with Crippen molar-refractivity contribution in [3.05, 3.63) is 53.3 Å². The van der Waals surface area contributed by atoms with Crippen LogP contribution in [0, 0.1) is 11.3 Å². The fourth-order valence-corrected chi connectivity index (χ4v) is 9.30. The molecule has 4 aliphatic heterocycles. The Hall–Kier alpha value is -2.11. The number of pyridine rings is 1. The monoisotopic (exact) mass is 471 g/mol. The second kappa shape index (κ2) is 7.45. The molecule has 3 saturated heterocycles. The van der Waals surface area contributed by atoms with Crippen molar-refractivity contribution in [1.82, 2.24) is 14.8 Å². The number of fused-ring (bicyclic) bond motifs is 3. The Morgan fingerprint density at radius 2 is 1.97 bits per heavy atom. The molecule has 2 aromatic rings. The summed E-state index contributed by atoms with van der Waals surface area (Å²) < 4.78 is 13.0. The van der Waals surface area contributed by atoms with Crippen LogP contribution in [0.3, 0.4) is 0 Å². The maximum absolute atomic E-state index is 7.12. The molecule has 1 aromatic carbocycles. The molecule has 9 rings (SSSR count). The number of methoxy groups -OCH3 is 1. The summed E-state index contributed by atoms with van der Waals surface area (Å²) in [5.74, 6) is 2.98. The first-order valence-corrected chi connectivity index (χ1v) is 14.0. The molecule has 5 atom stereocenters. The van der Waals surface area contributed by atoms with Gasteiger partial charge in [0.2, 0.25) is 0 Å². The van der Waals surface area contributed by atoms with E-state index in [0.29, 0.717) is 17.5 Å². The van der Waals surface area contributed by atoms with Gasteiger partial charge in [-0.1, -0.05) is 12.1 Å². The molecule has 0 N–H and O–H groups in total. The SMILES string of the molecule is COc1ccc2c3c1O[C@H]1[C@H]4CC[C@@]5(CCN4CCc4ccccn4)[C@@H](C2)N(CC2CC2)CC[C@]315. The molecule has 5 heterocycles. The van der Waals surface area contributed by atoms with Gasteiger partial charge in [-0.25, -0.2) is 0 Å². The zero-order valence-corrected chi connectivity index (χ0v) is 20.9. The fraction of sp³-hybridized carbons (Fsp3) is 0.633. The van der Waals surface area contributed by atoms with Gasteiger partial charge < -0.3 is 9.47 Å². The molecule has 1 aromatic heterocycles. The van der Waals surface area contributed by atoms with Gasteiger partial charge in [-0.3, -0.25) is 14.8 Å². The second-order valence-corrected chi connectivity index (χ2v) is 12.2. The zero-order chi connectivity index (χ0) is 23.2. The lowest BCUT2D eigenvalue weighted by Gasteiger charge is -2.66. The summed E-state index contributed by atoms with van der Waals surface area (Å²) in [4.78, 5) is 10.4. The smallest absolute Gasteiger partial charge is 0.165 e. The van der Waals surface area contributed by atoms with Crippen molar-refractivity contribution in [2.75, 3.05) is 33.3 Å². The van der Waals surface area contributed by atoms with Crippen LogP contribution in [0.25, 0.3) is 0 Å². The highest BCUT2D eigenvalue weighted by Gasteiger charge is 2.74. The molecule has 3 aliphatic carbocycles. The molecular weight excluding hydrogens is 434 g/mol. The Morgan fingerprint density at radius 1 is 1.06 bits per heavy atom. The molecule has 5 nitrogen and oxygen atoms in total. The van der Waals surface area contributed by atoms with Gasteiger partial charge in [-0.2, -0.15) is 0 Å². The number of rotatable bonds is 6. The Kier molecular flexibility index (Phi) is 4.48. The summed E-state index contributed by atoms with van der Waals surface area (Å²) in [7, 11) is 1.81. The van der Waals surface area contributed by atoms with Crippen LogP contribution in [0.15, 0.2) is 36.5 Å². The maximum atomic E-state index is 7.12. The first-order valence-electron chi connectivity index (χ1n) is 14.0. The average Bonchev–Trinajstić information content (AvgIpc) is 3.68. The number of nitrogens with zero attached hydrogens (tertiary/aromatic N) is 3. The summed E-state index contributed by atoms with van der Waals surface area (Å²) in [5.41, 5.74) is 4.78. The number of hydrogen-bond acceptors (Lipinski definition) is 5. The third kappa shape index (κ3) is 2.74. The summed E-state index contributed by atoms with van der Waals surface area (Å²) in [6.07, 6.45) is 12.4. The zero-order valence-electron chi connectivity index (χ0n) is 20.9. The Balaban J connectivity index is 1.23. The Labute approximate surface area is 208 Å². The molecule has 2 spiro atoms. The molecule has 184 valence electrons. The number of aromatic nitrogens is 1. The molecule has 5 heteroatoms. The normalized spacial score (nSPS) is 37.0. The van der Waals surface area contributed by atoms with Crippen LogP contribution >= 0.6 is 0 Å². The van der Waals surface area contributed by atoms with Crippen molar-refractivity contribution in [1.29, 1.82) is 0 Å². The van der Waals surface area contributed by atoms with Gasteiger partial charge in [0.1, 0.15) is 6.10 Å². The predicted molar refractivity (Wildman–Crippen MR) is 135 cm³/mol. The molecule has 35 heavy (non-hydrogen) atoms. The highest BCUT2D eigenvalue weighted by molar-refractivity contribution is 5.62. The van der Waals surface area contributed by atoms with Crippen LogP contribution in [-0.2, 0) is 18.3 Å². The molecule has 2 saturated carbocycles. The van der Waals surface area contributed by atoms with E-state index in [9.17, 15) is 0 Å². The topological polar surface area (TPSA) is 37.8 Å². The standard InChI is InChI=1S/C30H37N3O2/c1-34-24-8-7-21-18-25-29-11-9-23(32(16-12-29)15-10-22-4-2-3-14-31-22)28-30(29,26(21)27(24)35-28)13-17-33(25)19-20-5-6-20/h2-4,7-8,14,20,23,25,28H,5-6,9-13,15-19H2,1H3/t23-,25-,28+,29-,30+/m1/s1. The number of benzene rings is 1. The van der Waals surface area contributed by atoms with Gasteiger partial charge in [-0.05, 0) is 87.7 Å². The van der Waals surface area contributed by atoms with Crippen molar-refractivity contribution in [2.24, 2.45) is 11.3 Å². The first kappa shape index (κ1) is 21.0. The van der Waals surface area contributed by atoms with Crippen LogP contribution < -0.4 is 9.47 Å². The lowest BCUT2D eigenvalue weighted by Crippen LogP contribution is -2.72. The average molecular weight is 472 g/mol. The van der Waals surface area contributed by atoms with E-state index in [4.69, 9.17) is 9.47 Å². The Morgan fingerprint density at radius 3 is 2.80 bits per heavy atom. The molecule has 0 amide bonds. The summed E-state index contributed by atoms with van der Waals surface area (Å²) in [5, 5.41) is 0. The summed E-state index contributed by atoms with van der Waals surface area (Å²) in [6, 6.07) is 12.0. The van der Waals surface area contributed by atoms with Crippen molar-refractivity contribution >= 4 is 0 Å². The number of piperidine rings is 1. The van der Waals surface area contributed by atoms with Crippen molar-refractivity contribution < 1.29 is 9.47 Å². The predicted octanol–water partition coefficient (Wildman–Crippen LogP) is 4.23. The quantitative estimate of drug-likeness (QED) is 0.631. The van der Waals surface area contributed by atoms with E-state index in [0.717, 1.165) is 30.4 Å². The molecule has 0 unspecified atom stereocenters. The van der Waals surface area contributed by atoms with E-state index < -0.39 is 0 Å². The number of likely N-dealkylation sites (tertiary alicyclic amines) is 1. The molecule has 0 radical (unpaired) electrons. The van der Waals surface area contributed by atoms with Crippen LogP contribution in [0.5, 0.6) is 11.5 Å². The van der Waals surface area contributed by atoms with Gasteiger partial charge in [0.25, 0.3) is 0 Å². The first-order chi connectivity index (χ1) is 17.2. The van der Waals surface area contributed by atoms with E-state index in [1.165, 1.54) is 70.3 Å². The Bertz CT molecular complexity index is 1150. The second-order valence-electron chi connectivity index (χ2n) is 12.2. The number of ether oxygens (including phenoxy) is 2. The minimum Gasteiger partial charge on any atom is -0.493 e. The van der Waals surface area contributed by atoms with Gasteiger partial charge in [0.05, 0.1) is 7.11 Å². The van der Waals surface area contributed by atoms with Gasteiger partial charge in [-0.15, -0.1) is 0 Å². The number of hydrogen-bond donors (Lipinski definition) is 0. The van der Waals surface area contributed by atoms with Gasteiger partial charge in [0, 0.05) is 59.9 Å². The van der Waals surface area contributed by atoms with Crippen molar-refractivity contribution in [3.8, 4) is 11.5 Å². The van der Waals surface area contributed by atoms with E-state index in [-0.39, 0.29) is 11.5 Å². The minimum absolute atomic E-state index is 0.151. The molecule has 4 bridgehead atoms. The lowest BCUT2D eigenvalue weighted by atomic mass is 9.42. The van der Waals surface area contributed by atoms with Crippen LogP contribution in [0.1, 0.15) is 55.3 Å². The largest absolute Gasteiger partial charge is 0.493 e. The van der Waals surface area contributed by atoms with E-state index in [1.807, 2.05) is 12.3 Å². The highest BCUT2D eigenvalue weighted by atomic mass is 16.5. The summed E-state index contributed by atoms with van der Waals surface area (Å²) >= 11 is 0. The minimum atomic E-state index is 0.151. The molecule has 5 fully saturated rings. The van der Waals surface area contributed by atoms with Crippen LogP contribution in [-0.4, -0.2) is 66.3 Å². The summed E-state index contributed by atoms with van der Waals surface area (Å²) in [6.45, 7) is 4.82. The van der Waals surface area contributed by atoms with Crippen molar-refractivity contribution in [3.63, 3.8) is 0 Å². The van der Waals surface area contributed by atoms with Gasteiger partial charge in [0.15, 0.2) is 11.5 Å². The lowest BCUT2D eigenvalue weighted by molar-refractivity contribution is -0.130. The molecular formula is C30H37N3O2. The third-order valence-corrected chi connectivity index (χ3v) is 10.9. The highest BCUT2D eigenvalue weighted by Crippen LogP contribution is 2.71. The van der Waals surface area contributed by atoms with Crippen LogP contribution in [0.2, 0.25) is 0 Å². The fourth-order valence-electron chi connectivity index (χ4n) is 9.30. The van der Waals surface area contributed by atoms with Crippen molar-refractivity contribution in [2.45, 2.75) is 75.0 Å². The van der Waals surface area contributed by atoms with Gasteiger partial charge >= 0.3 is 0 Å². The van der Waals surface area contributed by atoms with E-state index in [2.05, 4.69) is 39.0 Å². The maximum Gasteiger partial charge on any atom is 0.165 e. The molecule has 7 aliphatic rings. The van der Waals surface area contributed by atoms with Crippen LogP contribution in [0.4, 0.5) is 0 Å². The van der Waals surface area contributed by atoms with E-state index in [1.54, 1.807) is 18.2 Å². The third-order valence-electron chi connectivity index (χ3n) is 10.9.